The molecule has 54 heavy (non-hydrogen) atoms. The zero-order valence-electron chi connectivity index (χ0n) is 32.4. The van der Waals surface area contributed by atoms with E-state index in [4.69, 9.17) is 0 Å². The zero-order valence-corrected chi connectivity index (χ0v) is 32.4. The first-order valence-electron chi connectivity index (χ1n) is 18.5. The number of hydrogen-bond donors (Lipinski definition) is 7. The van der Waals surface area contributed by atoms with Gasteiger partial charge >= 0.3 is 11.9 Å². The topological polar surface area (TPSA) is 240 Å². The molecule has 1 aromatic rings. The van der Waals surface area contributed by atoms with E-state index in [-0.39, 0.29) is 30.6 Å². The molecular weight excluding hydrogens is 700 g/mol. The van der Waals surface area contributed by atoms with Crippen molar-refractivity contribution in [3.63, 3.8) is 0 Å². The summed E-state index contributed by atoms with van der Waals surface area (Å²) >= 11 is 0. The first-order valence-corrected chi connectivity index (χ1v) is 18.5. The third-order valence-electron chi connectivity index (χ3n) is 8.97. The van der Waals surface area contributed by atoms with E-state index in [1.165, 1.54) is 4.90 Å². The maximum atomic E-state index is 14.0. The Labute approximate surface area is 316 Å². The van der Waals surface area contributed by atoms with Crippen LogP contribution in [0, 0.1) is 17.3 Å². The fraction of sp³-hybridized carbons (Fsp3) is 0.632. The summed E-state index contributed by atoms with van der Waals surface area (Å²) in [4.78, 5) is 106. The number of hydrogen-bond acceptors (Lipinski definition) is 8. The first kappa shape index (κ1) is 45.1. The number of amides is 6. The Bertz CT molecular complexity index is 1490. The number of aliphatic carboxylic acids is 2. The number of carboxylic acids is 2. The van der Waals surface area contributed by atoms with Gasteiger partial charge in [0.1, 0.15) is 30.2 Å². The molecule has 300 valence electrons. The number of nitrogens with zero attached hydrogens (tertiary/aromatic N) is 1. The molecule has 0 aromatic heterocycles. The fourth-order valence-corrected chi connectivity index (χ4v) is 5.95. The van der Waals surface area contributed by atoms with Gasteiger partial charge in [0.15, 0.2) is 0 Å². The highest BCUT2D eigenvalue weighted by Gasteiger charge is 2.39. The number of nitrogens with one attached hydrogen (secondary N) is 5. The Kier molecular flexibility index (Phi) is 17.6. The molecule has 1 aliphatic heterocycles. The van der Waals surface area contributed by atoms with E-state index < -0.39 is 89.9 Å². The number of carbonyl (C=O) groups excluding carboxylic acids is 6. The van der Waals surface area contributed by atoms with Crippen LogP contribution in [0.1, 0.15) is 92.6 Å². The highest BCUT2D eigenvalue weighted by Crippen LogP contribution is 2.21. The molecule has 0 bridgehead atoms. The number of rotatable bonds is 20. The van der Waals surface area contributed by atoms with Crippen LogP contribution in [-0.2, 0) is 44.8 Å². The van der Waals surface area contributed by atoms with Gasteiger partial charge in [-0.25, -0.2) is 4.79 Å². The summed E-state index contributed by atoms with van der Waals surface area (Å²) in [5, 5.41) is 31.7. The van der Waals surface area contributed by atoms with Crippen LogP contribution in [0.25, 0.3) is 0 Å². The van der Waals surface area contributed by atoms with Crippen molar-refractivity contribution in [2.24, 2.45) is 17.3 Å². The lowest BCUT2D eigenvalue weighted by atomic mass is 9.85. The van der Waals surface area contributed by atoms with Crippen molar-refractivity contribution in [1.29, 1.82) is 0 Å². The van der Waals surface area contributed by atoms with Crippen LogP contribution >= 0.6 is 0 Å². The van der Waals surface area contributed by atoms with Gasteiger partial charge in [0.2, 0.25) is 35.4 Å². The number of benzene rings is 1. The van der Waals surface area contributed by atoms with Gasteiger partial charge in [-0.2, -0.15) is 0 Å². The Morgan fingerprint density at radius 3 is 1.74 bits per heavy atom. The van der Waals surface area contributed by atoms with Crippen LogP contribution in [0.15, 0.2) is 30.3 Å². The molecule has 0 saturated carbocycles. The van der Waals surface area contributed by atoms with E-state index in [1.54, 1.807) is 48.5 Å². The second kappa shape index (κ2) is 21.0. The molecule has 0 spiro atoms. The number of aryl methyl sites for hydroxylation is 1. The van der Waals surface area contributed by atoms with E-state index in [0.29, 0.717) is 19.5 Å². The molecule has 16 nitrogen and oxygen atoms in total. The molecule has 1 saturated heterocycles. The minimum atomic E-state index is -1.75. The summed E-state index contributed by atoms with van der Waals surface area (Å²) in [6, 6.07) is 2.36. The van der Waals surface area contributed by atoms with Crippen LogP contribution in [0.4, 0.5) is 0 Å². The third kappa shape index (κ3) is 15.1. The number of carbonyl (C=O) groups is 8. The highest BCUT2D eigenvalue weighted by molar-refractivity contribution is 5.98. The number of carboxylic acid groups (broad SMARTS) is 2. The van der Waals surface area contributed by atoms with Crippen LogP contribution in [0.3, 0.4) is 0 Å². The van der Waals surface area contributed by atoms with Gasteiger partial charge in [-0.15, -0.1) is 0 Å². The summed E-state index contributed by atoms with van der Waals surface area (Å²) in [5.41, 5.74) is 0.00185. The first-order chi connectivity index (χ1) is 25.2. The largest absolute Gasteiger partial charge is 0.481 e. The summed E-state index contributed by atoms with van der Waals surface area (Å²) in [6.07, 6.45) is 0.651. The van der Waals surface area contributed by atoms with Crippen molar-refractivity contribution in [3.05, 3.63) is 35.9 Å². The summed E-state index contributed by atoms with van der Waals surface area (Å²) < 4.78 is 0. The minimum Gasteiger partial charge on any atom is -0.481 e. The van der Waals surface area contributed by atoms with Gasteiger partial charge in [0.05, 0.1) is 12.8 Å². The zero-order chi connectivity index (χ0) is 40.7. The molecule has 16 heteroatoms. The predicted molar refractivity (Wildman–Crippen MR) is 198 cm³/mol. The Balaban J connectivity index is 2.32. The van der Waals surface area contributed by atoms with Gasteiger partial charge < -0.3 is 41.7 Å². The molecule has 1 aliphatic rings. The quantitative estimate of drug-likeness (QED) is 0.101. The van der Waals surface area contributed by atoms with Crippen molar-refractivity contribution >= 4 is 47.4 Å². The Morgan fingerprint density at radius 1 is 0.704 bits per heavy atom. The maximum absolute atomic E-state index is 14.0. The molecule has 1 heterocycles. The van der Waals surface area contributed by atoms with Crippen LogP contribution in [0.2, 0.25) is 0 Å². The molecule has 0 radical (unpaired) electrons. The fourth-order valence-electron chi connectivity index (χ4n) is 5.95. The molecular formula is C38H58N6O10. The Morgan fingerprint density at radius 2 is 1.24 bits per heavy atom. The molecule has 1 fully saturated rings. The number of likely N-dealkylation sites (tertiary alicyclic amines) is 1. The Hall–Kier alpha value is -5.02. The van der Waals surface area contributed by atoms with Crippen molar-refractivity contribution in [2.75, 3.05) is 13.1 Å². The lowest BCUT2D eigenvalue weighted by Gasteiger charge is -2.34. The molecule has 2 rings (SSSR count). The average Bonchev–Trinajstić information content (AvgIpc) is 3.62. The monoisotopic (exact) mass is 758 g/mol. The van der Waals surface area contributed by atoms with Gasteiger partial charge in [-0.3, -0.25) is 33.6 Å². The molecule has 0 aliphatic carbocycles. The van der Waals surface area contributed by atoms with E-state index in [2.05, 4.69) is 26.6 Å². The molecule has 5 atom stereocenters. The normalized spacial score (nSPS) is 15.7. The lowest BCUT2D eigenvalue weighted by molar-refractivity contribution is -0.144. The molecule has 1 aromatic carbocycles. The van der Waals surface area contributed by atoms with Gasteiger partial charge in [0.25, 0.3) is 0 Å². The molecule has 7 N–H and O–H groups in total. The minimum absolute atomic E-state index is 0.0345. The van der Waals surface area contributed by atoms with Crippen molar-refractivity contribution in [3.8, 4) is 0 Å². The van der Waals surface area contributed by atoms with Gasteiger partial charge in [0, 0.05) is 19.5 Å². The van der Waals surface area contributed by atoms with Crippen LogP contribution in [0.5, 0.6) is 0 Å². The summed E-state index contributed by atoms with van der Waals surface area (Å²) in [5.74, 6) is -7.77. The van der Waals surface area contributed by atoms with Crippen molar-refractivity contribution < 1.29 is 48.6 Å². The predicted octanol–water partition coefficient (Wildman–Crippen LogP) is 1.36. The molecule has 6 amide bonds. The second-order valence-electron chi connectivity index (χ2n) is 15.6. The SMILES string of the molecule is CC(C)C[C@H](NC(=O)[C@H](CC(=O)O)NC(=O)[C@H](CC(=O)N1CCCC1)NC(=O)[C@@H](NC(=O)[C@@H](NC(=O)CCc1ccccc1)C(C)C)C(C)(C)C)C(=O)O. The highest BCUT2D eigenvalue weighted by atomic mass is 16.4. The molecule has 0 unspecified atom stereocenters. The third-order valence-corrected chi connectivity index (χ3v) is 8.97. The van der Waals surface area contributed by atoms with Gasteiger partial charge in [-0.05, 0) is 48.5 Å². The summed E-state index contributed by atoms with van der Waals surface area (Å²) in [7, 11) is 0. The van der Waals surface area contributed by atoms with E-state index in [1.807, 2.05) is 30.3 Å². The average molecular weight is 759 g/mol. The smallest absolute Gasteiger partial charge is 0.326 e. The maximum Gasteiger partial charge on any atom is 0.326 e. The van der Waals surface area contributed by atoms with Crippen molar-refractivity contribution in [2.45, 2.75) is 124 Å². The van der Waals surface area contributed by atoms with E-state index in [9.17, 15) is 48.6 Å². The lowest BCUT2D eigenvalue weighted by Crippen LogP contribution is -2.62. The second-order valence-corrected chi connectivity index (χ2v) is 15.6. The van der Waals surface area contributed by atoms with E-state index >= 15 is 0 Å². The standard InChI is InChI=1S/C38H58N6O10/c1-22(2)19-27(37(53)54)41-34(50)26(21-30(47)48)39-33(49)25(20-29(46)44-17-11-12-18-44)40-36(52)32(38(5,6)7)43-35(51)31(23(3)4)42-28(45)16-15-24-13-9-8-10-14-24/h8-10,13-14,22-23,25-27,31-32H,11-12,15-21H2,1-7H3,(H,39,49)(H,40,52)(H,41,50)(H,42,45)(H,43,51)(H,47,48)(H,53,54)/t25-,26-,27-,31-,32+/m0/s1. The van der Waals surface area contributed by atoms with Crippen molar-refractivity contribution in [1.82, 2.24) is 31.5 Å². The van der Waals surface area contributed by atoms with E-state index in [0.717, 1.165) is 18.4 Å². The van der Waals surface area contributed by atoms with Crippen LogP contribution in [-0.4, -0.2) is 106 Å². The van der Waals surface area contributed by atoms with Crippen LogP contribution < -0.4 is 26.6 Å². The van der Waals surface area contributed by atoms with Gasteiger partial charge in [-0.1, -0.05) is 78.8 Å². The summed E-state index contributed by atoms with van der Waals surface area (Å²) in [6.45, 7) is 12.9.